The van der Waals surface area contributed by atoms with Crippen LogP contribution in [0.2, 0.25) is 10.0 Å². The van der Waals surface area contributed by atoms with Gasteiger partial charge in [-0.2, -0.15) is 37.0 Å². The molecule has 52 heavy (non-hydrogen) atoms. The molecule has 4 aliphatic heterocycles. The Bertz CT molecular complexity index is 1920. The van der Waals surface area contributed by atoms with E-state index in [4.69, 9.17) is 48.4 Å². The van der Waals surface area contributed by atoms with Crippen molar-refractivity contribution in [3.63, 3.8) is 0 Å². The zero-order valence-electron chi connectivity index (χ0n) is 28.5. The maximum Gasteiger partial charge on any atom is 0.418 e. The number of ether oxygens (including phenoxy) is 2. The Morgan fingerprint density at radius 3 is 2.69 bits per heavy atom. The molecule has 11 nitrogen and oxygen atoms in total. The van der Waals surface area contributed by atoms with Crippen LogP contribution in [0.15, 0.2) is 24.3 Å². The molecule has 1 aromatic carbocycles. The van der Waals surface area contributed by atoms with E-state index >= 15 is 0 Å². The van der Waals surface area contributed by atoms with Crippen LogP contribution in [-0.2, 0) is 37.0 Å². The van der Waals surface area contributed by atoms with Gasteiger partial charge in [-0.05, 0) is 61.9 Å². The number of hydrogen-bond acceptors (Lipinski definition) is 9. The minimum atomic E-state index is -4.78. The molecular formula is C34H37Cl2F5N8O3. The molecule has 0 unspecified atom stereocenters. The summed E-state index contributed by atoms with van der Waals surface area (Å²) >= 11 is 12.8. The number of benzene rings is 1. The number of nitrogen functional groups attached to an aromatic ring is 1. The monoisotopic (exact) mass is 770 g/mol. The predicted octanol–water partition coefficient (Wildman–Crippen LogP) is 6.52. The van der Waals surface area contributed by atoms with Gasteiger partial charge >= 0.3 is 12.2 Å². The Labute approximate surface area is 306 Å². The molecule has 2 saturated heterocycles. The second-order valence-electron chi connectivity index (χ2n) is 14.0. The first kappa shape index (κ1) is 36.6. The van der Waals surface area contributed by atoms with Gasteiger partial charge in [0.2, 0.25) is 0 Å². The first-order valence-corrected chi connectivity index (χ1v) is 17.7. The highest BCUT2D eigenvalue weighted by Crippen LogP contribution is 2.46. The molecule has 280 valence electrons. The Morgan fingerprint density at radius 2 is 1.96 bits per heavy atom. The maximum atomic E-state index is 14.3. The number of rotatable bonds is 7. The van der Waals surface area contributed by atoms with Gasteiger partial charge in [0, 0.05) is 51.4 Å². The molecule has 0 saturated carbocycles. The third-order valence-corrected chi connectivity index (χ3v) is 11.0. The minimum Gasteiger partial charge on any atom is -0.461 e. The van der Waals surface area contributed by atoms with Crippen molar-refractivity contribution in [1.29, 1.82) is 0 Å². The Morgan fingerprint density at radius 1 is 1.17 bits per heavy atom. The van der Waals surface area contributed by atoms with Crippen LogP contribution in [0.3, 0.4) is 0 Å². The first-order valence-electron chi connectivity index (χ1n) is 16.9. The average Bonchev–Trinajstić information content (AvgIpc) is 3.64. The second kappa shape index (κ2) is 13.9. The van der Waals surface area contributed by atoms with Crippen molar-refractivity contribution in [3.8, 4) is 6.01 Å². The van der Waals surface area contributed by atoms with E-state index in [9.17, 15) is 26.7 Å². The number of aryl methyl sites for hydroxylation is 1. The maximum absolute atomic E-state index is 14.3. The number of nitrogens with zero attached hydrogens (tertiary/aromatic N) is 7. The van der Waals surface area contributed by atoms with Gasteiger partial charge in [0.05, 0.1) is 51.8 Å². The molecule has 7 rings (SSSR count). The average molecular weight is 772 g/mol. The number of anilines is 2. The van der Waals surface area contributed by atoms with E-state index in [1.165, 1.54) is 11.0 Å². The van der Waals surface area contributed by atoms with E-state index in [0.717, 1.165) is 31.5 Å². The largest absolute Gasteiger partial charge is 0.461 e. The van der Waals surface area contributed by atoms with Crippen LogP contribution in [0.25, 0.3) is 0 Å². The van der Waals surface area contributed by atoms with Crippen LogP contribution in [0.5, 0.6) is 6.01 Å². The lowest BCUT2D eigenvalue weighted by molar-refractivity contribution is -0.139. The van der Waals surface area contributed by atoms with E-state index in [1.807, 2.05) is 4.90 Å². The second-order valence-corrected chi connectivity index (χ2v) is 14.8. The van der Waals surface area contributed by atoms with E-state index in [2.05, 4.69) is 10.00 Å². The highest BCUT2D eigenvalue weighted by molar-refractivity contribution is 6.34. The lowest BCUT2D eigenvalue weighted by Gasteiger charge is -2.33. The number of alkyl halides is 3. The quantitative estimate of drug-likeness (QED) is 0.212. The highest BCUT2D eigenvalue weighted by atomic mass is 35.5. The van der Waals surface area contributed by atoms with Crippen LogP contribution in [0.1, 0.15) is 70.4 Å². The molecule has 2 aromatic heterocycles. The number of nitrogens with two attached hydrogens (primary N) is 1. The molecule has 4 aliphatic rings. The summed E-state index contributed by atoms with van der Waals surface area (Å²) in [6, 6.07) is 2.27. The van der Waals surface area contributed by atoms with E-state index in [-0.39, 0.29) is 66.0 Å². The summed E-state index contributed by atoms with van der Waals surface area (Å²) < 4.78 is 83.4. The van der Waals surface area contributed by atoms with Gasteiger partial charge < -0.3 is 25.0 Å². The summed E-state index contributed by atoms with van der Waals surface area (Å²) in [5.74, 6) is -0.222. The van der Waals surface area contributed by atoms with Gasteiger partial charge in [-0.3, -0.25) is 14.4 Å². The minimum absolute atomic E-state index is 0.000248. The zero-order valence-corrected chi connectivity index (χ0v) is 30.0. The van der Waals surface area contributed by atoms with Crippen molar-refractivity contribution in [1.82, 2.24) is 29.5 Å². The van der Waals surface area contributed by atoms with Gasteiger partial charge in [0.1, 0.15) is 12.4 Å². The number of aromatic nitrogens is 4. The normalized spacial score (nSPS) is 23.1. The van der Waals surface area contributed by atoms with Crippen LogP contribution < -0.4 is 15.4 Å². The SMILES string of the molecule is CN(C)C(=O)c1nn2c(c1Cl)CN(c1nc(OC[C@]34CCCN3C[C@@H](C=C(F)F)C4)nc3c1CO[C@@H](c1cc(N)cc(Cl)c1C(F)(F)F)C3)CCC2. The Kier molecular flexibility index (Phi) is 9.80. The Balaban J connectivity index is 1.26. The summed E-state index contributed by atoms with van der Waals surface area (Å²) in [6.45, 7) is 2.43. The summed E-state index contributed by atoms with van der Waals surface area (Å²) in [4.78, 5) is 27.9. The standard InChI is InChI=1S/C34H37Cl2F5N8O3/c1-46(2)31(50)29-28(36)24-15-47(6-4-8-49(24)45-29)30-21-16-51-25(20-10-19(42)11-22(35)27(20)34(39,40)41)12-23(21)43-32(44-30)52-17-33-5-3-7-48(33)14-18(13-33)9-26(37)38/h9-11,18,25H,3-8,12-17,42H2,1-2H3/t18-,25+,33+/m0/s1. The molecule has 0 spiro atoms. The van der Waals surface area contributed by atoms with Crippen molar-refractivity contribution in [2.24, 2.45) is 5.92 Å². The van der Waals surface area contributed by atoms with E-state index in [1.54, 1.807) is 18.8 Å². The van der Waals surface area contributed by atoms with Gasteiger partial charge in [-0.15, -0.1) is 0 Å². The fourth-order valence-electron chi connectivity index (χ4n) is 8.03. The lowest BCUT2D eigenvalue weighted by Crippen LogP contribution is -2.43. The van der Waals surface area contributed by atoms with Crippen LogP contribution >= 0.6 is 23.2 Å². The fraction of sp³-hybridized carbons (Fsp3) is 0.529. The number of halogens is 7. The van der Waals surface area contributed by atoms with Crippen molar-refractivity contribution < 1.29 is 36.2 Å². The number of amides is 1. The van der Waals surface area contributed by atoms with Gasteiger partial charge in [0.15, 0.2) is 5.69 Å². The molecule has 1 amide bonds. The molecule has 2 N–H and O–H groups in total. The van der Waals surface area contributed by atoms with Crippen molar-refractivity contribution >= 4 is 40.6 Å². The smallest absolute Gasteiger partial charge is 0.418 e. The Hall–Kier alpha value is -3.73. The molecule has 3 aromatic rings. The third kappa shape index (κ3) is 6.90. The van der Waals surface area contributed by atoms with Gasteiger partial charge in [-0.1, -0.05) is 23.2 Å². The molecule has 18 heteroatoms. The van der Waals surface area contributed by atoms with Crippen molar-refractivity contribution in [2.45, 2.75) is 69.6 Å². The van der Waals surface area contributed by atoms with Gasteiger partial charge in [0.25, 0.3) is 12.0 Å². The van der Waals surface area contributed by atoms with Crippen LogP contribution in [0.4, 0.5) is 33.5 Å². The summed E-state index contributed by atoms with van der Waals surface area (Å²) in [5, 5.41) is 4.18. The molecule has 6 heterocycles. The highest BCUT2D eigenvalue weighted by Gasteiger charge is 2.49. The molecule has 0 bridgehead atoms. The number of carbonyl (C=O) groups is 1. The van der Waals surface area contributed by atoms with E-state index < -0.39 is 34.5 Å². The third-order valence-electron chi connectivity index (χ3n) is 10.3. The zero-order chi connectivity index (χ0) is 37.1. The van der Waals surface area contributed by atoms with E-state index in [0.29, 0.717) is 55.2 Å². The molecule has 2 fully saturated rings. The molecule has 3 atom stereocenters. The lowest BCUT2D eigenvalue weighted by atomic mass is 9.91. The van der Waals surface area contributed by atoms with Crippen LogP contribution in [-0.4, -0.2) is 81.3 Å². The molecule has 0 radical (unpaired) electrons. The topological polar surface area (TPSA) is 115 Å². The van der Waals surface area contributed by atoms with Crippen LogP contribution in [0, 0.1) is 5.92 Å². The van der Waals surface area contributed by atoms with Gasteiger partial charge in [-0.25, -0.2) is 0 Å². The summed E-state index contributed by atoms with van der Waals surface area (Å²) in [7, 11) is 3.22. The summed E-state index contributed by atoms with van der Waals surface area (Å²) in [5.41, 5.74) is 5.98. The fourth-order valence-corrected chi connectivity index (χ4v) is 8.65. The van der Waals surface area contributed by atoms with Crippen molar-refractivity contribution in [3.05, 3.63) is 68.1 Å². The molecular weight excluding hydrogens is 734 g/mol. The predicted molar refractivity (Wildman–Crippen MR) is 182 cm³/mol. The molecule has 0 aliphatic carbocycles. The number of fused-ring (bicyclic) bond motifs is 3. The number of carbonyl (C=O) groups excluding carboxylic acids is 1. The summed E-state index contributed by atoms with van der Waals surface area (Å²) in [6.07, 6.45) is -3.94. The first-order chi connectivity index (χ1) is 24.6. The van der Waals surface area contributed by atoms with Crippen molar-refractivity contribution in [2.75, 3.05) is 51.0 Å². The number of hydrogen-bond donors (Lipinski definition) is 1.